The van der Waals surface area contributed by atoms with Crippen molar-refractivity contribution in [2.45, 2.75) is 43.5 Å². The van der Waals surface area contributed by atoms with Crippen molar-refractivity contribution in [1.82, 2.24) is 4.90 Å². The van der Waals surface area contributed by atoms with Gasteiger partial charge in [-0.2, -0.15) is 0 Å². The van der Waals surface area contributed by atoms with Gasteiger partial charge in [-0.1, -0.05) is 35.9 Å². The number of sulfone groups is 1. The van der Waals surface area contributed by atoms with Crippen molar-refractivity contribution in [3.63, 3.8) is 0 Å². The lowest BCUT2D eigenvalue weighted by molar-refractivity contribution is 0.0872. The predicted molar refractivity (Wildman–Crippen MR) is 118 cm³/mol. The van der Waals surface area contributed by atoms with E-state index in [1.54, 1.807) is 12.1 Å². The van der Waals surface area contributed by atoms with Gasteiger partial charge in [-0.05, 0) is 75.0 Å². The van der Waals surface area contributed by atoms with Crippen LogP contribution in [0.1, 0.15) is 37.8 Å². The third kappa shape index (κ3) is 5.02. The number of hydrogen-bond acceptors (Lipinski definition) is 4. The molecule has 29 heavy (non-hydrogen) atoms. The Morgan fingerprint density at radius 1 is 1.10 bits per heavy atom. The first-order valence-electron chi connectivity index (χ1n) is 9.97. The van der Waals surface area contributed by atoms with E-state index in [2.05, 4.69) is 30.9 Å². The highest BCUT2D eigenvalue weighted by atomic mass is 35.5. The van der Waals surface area contributed by atoms with Crippen molar-refractivity contribution in [2.24, 2.45) is 5.41 Å². The van der Waals surface area contributed by atoms with Crippen LogP contribution in [0.2, 0.25) is 5.02 Å². The Kier molecular flexibility index (Phi) is 6.44. The molecule has 1 aliphatic heterocycles. The molecule has 0 aromatic heterocycles. The highest BCUT2D eigenvalue weighted by molar-refractivity contribution is 7.90. The zero-order valence-corrected chi connectivity index (χ0v) is 18.9. The quantitative estimate of drug-likeness (QED) is 0.704. The van der Waals surface area contributed by atoms with Gasteiger partial charge in [0.1, 0.15) is 0 Å². The Morgan fingerprint density at radius 3 is 2.28 bits per heavy atom. The van der Waals surface area contributed by atoms with Gasteiger partial charge in [-0.15, -0.1) is 0 Å². The molecule has 1 saturated heterocycles. The van der Waals surface area contributed by atoms with E-state index in [1.807, 2.05) is 24.3 Å². The Labute approximate surface area is 179 Å². The summed E-state index contributed by atoms with van der Waals surface area (Å²) in [6, 6.07) is 15.1. The lowest BCUT2D eigenvalue weighted by Crippen LogP contribution is -2.42. The van der Waals surface area contributed by atoms with Crippen LogP contribution in [0.4, 0.5) is 0 Å². The first-order chi connectivity index (χ1) is 13.6. The smallest absolute Gasteiger partial charge is 0.175 e. The molecule has 1 fully saturated rings. The van der Waals surface area contributed by atoms with Crippen molar-refractivity contribution >= 4 is 21.4 Å². The van der Waals surface area contributed by atoms with E-state index in [4.69, 9.17) is 11.6 Å². The van der Waals surface area contributed by atoms with E-state index < -0.39 is 9.84 Å². The third-order valence-corrected chi connectivity index (χ3v) is 7.79. The molecule has 6 heteroatoms. The van der Waals surface area contributed by atoms with E-state index in [1.165, 1.54) is 11.8 Å². The number of aliphatic hydroxyl groups is 1. The van der Waals surface area contributed by atoms with E-state index in [0.29, 0.717) is 4.90 Å². The third-order valence-electron chi connectivity index (χ3n) is 6.41. The summed E-state index contributed by atoms with van der Waals surface area (Å²) in [6.07, 6.45) is 3.86. The fraction of sp³-hybridized carbons (Fsp3) is 0.478. The molecule has 1 atom stereocenters. The van der Waals surface area contributed by atoms with Crippen molar-refractivity contribution in [3.05, 3.63) is 64.7 Å². The first-order valence-corrected chi connectivity index (χ1v) is 12.2. The predicted octanol–water partition coefficient (Wildman–Crippen LogP) is 4.30. The number of halogens is 1. The van der Waals surface area contributed by atoms with E-state index >= 15 is 0 Å². The van der Waals surface area contributed by atoms with Gasteiger partial charge in [0.25, 0.3) is 0 Å². The molecule has 0 spiro atoms. The van der Waals surface area contributed by atoms with Crippen LogP contribution in [0.15, 0.2) is 53.4 Å². The summed E-state index contributed by atoms with van der Waals surface area (Å²) in [6.45, 7) is 6.35. The number of nitrogens with zero attached hydrogens (tertiary/aromatic N) is 1. The molecule has 2 aromatic rings. The zero-order chi connectivity index (χ0) is 21.3. The normalized spacial score (nSPS) is 20.9. The van der Waals surface area contributed by atoms with Crippen LogP contribution in [-0.4, -0.2) is 44.4 Å². The Bertz CT molecular complexity index is 939. The Morgan fingerprint density at radius 2 is 1.72 bits per heavy atom. The molecule has 0 amide bonds. The number of benzene rings is 2. The number of rotatable bonds is 7. The molecular weight excluding hydrogens is 406 g/mol. The number of aliphatic hydroxyl groups excluding tert-OH is 1. The molecule has 0 saturated carbocycles. The second-order valence-electron chi connectivity index (χ2n) is 8.81. The second kappa shape index (κ2) is 8.38. The SMILES string of the molecule is CC(C)(c1ccc(Cl)cc1)N1CC[C@@](CO)(CCc2ccc(S(C)(=O)=O)cc2)C1. The van der Waals surface area contributed by atoms with Gasteiger partial charge in [-0.25, -0.2) is 8.42 Å². The minimum atomic E-state index is -3.17. The van der Waals surface area contributed by atoms with Crippen LogP contribution >= 0.6 is 11.6 Å². The fourth-order valence-corrected chi connectivity index (χ4v) is 4.93. The van der Waals surface area contributed by atoms with E-state index in [0.717, 1.165) is 42.9 Å². The van der Waals surface area contributed by atoms with Gasteiger partial charge in [0, 0.05) is 35.4 Å². The van der Waals surface area contributed by atoms with Crippen LogP contribution in [0.5, 0.6) is 0 Å². The van der Waals surface area contributed by atoms with Crippen LogP contribution in [0, 0.1) is 5.41 Å². The Hall–Kier alpha value is -1.40. The maximum absolute atomic E-state index is 11.6. The minimum Gasteiger partial charge on any atom is -0.396 e. The van der Waals surface area contributed by atoms with Gasteiger partial charge in [0.2, 0.25) is 0 Å². The molecule has 0 radical (unpaired) electrons. The topological polar surface area (TPSA) is 57.6 Å². The lowest BCUT2D eigenvalue weighted by Gasteiger charge is -2.38. The zero-order valence-electron chi connectivity index (χ0n) is 17.4. The van der Waals surface area contributed by atoms with Crippen LogP contribution in [-0.2, 0) is 21.8 Å². The van der Waals surface area contributed by atoms with Crippen LogP contribution in [0.3, 0.4) is 0 Å². The molecule has 0 bridgehead atoms. The van der Waals surface area contributed by atoms with E-state index in [-0.39, 0.29) is 17.6 Å². The summed E-state index contributed by atoms with van der Waals surface area (Å²) in [5.41, 5.74) is 2.03. The van der Waals surface area contributed by atoms with Crippen molar-refractivity contribution in [3.8, 4) is 0 Å². The summed E-state index contributed by atoms with van der Waals surface area (Å²) in [7, 11) is -3.17. The number of hydrogen-bond donors (Lipinski definition) is 1. The fourth-order valence-electron chi connectivity index (χ4n) is 4.18. The molecule has 1 heterocycles. The molecule has 1 N–H and O–H groups in total. The van der Waals surface area contributed by atoms with Crippen molar-refractivity contribution in [2.75, 3.05) is 26.0 Å². The van der Waals surface area contributed by atoms with Gasteiger partial charge in [0.05, 0.1) is 4.90 Å². The van der Waals surface area contributed by atoms with E-state index in [9.17, 15) is 13.5 Å². The van der Waals surface area contributed by atoms with Crippen molar-refractivity contribution in [1.29, 1.82) is 0 Å². The molecular formula is C23H30ClNO3S. The monoisotopic (exact) mass is 435 g/mol. The summed E-state index contributed by atoms with van der Waals surface area (Å²) in [5.74, 6) is 0. The van der Waals surface area contributed by atoms with Crippen LogP contribution in [0.25, 0.3) is 0 Å². The van der Waals surface area contributed by atoms with Crippen molar-refractivity contribution < 1.29 is 13.5 Å². The highest BCUT2D eigenvalue weighted by Gasteiger charge is 2.42. The summed E-state index contributed by atoms with van der Waals surface area (Å²) < 4.78 is 23.3. The maximum Gasteiger partial charge on any atom is 0.175 e. The highest BCUT2D eigenvalue weighted by Crippen LogP contribution is 2.41. The first kappa shape index (κ1) is 22.3. The largest absolute Gasteiger partial charge is 0.396 e. The Balaban J connectivity index is 1.68. The molecule has 3 rings (SSSR count). The van der Waals surface area contributed by atoms with Crippen LogP contribution < -0.4 is 0 Å². The van der Waals surface area contributed by atoms with Gasteiger partial charge < -0.3 is 5.11 Å². The minimum absolute atomic E-state index is 0.140. The van der Waals surface area contributed by atoms with Gasteiger partial charge >= 0.3 is 0 Å². The molecule has 2 aromatic carbocycles. The molecule has 1 aliphatic rings. The molecule has 4 nitrogen and oxygen atoms in total. The average Bonchev–Trinajstić information content (AvgIpc) is 3.12. The lowest BCUT2D eigenvalue weighted by atomic mass is 9.81. The molecule has 0 aliphatic carbocycles. The average molecular weight is 436 g/mol. The number of likely N-dealkylation sites (tertiary alicyclic amines) is 1. The summed E-state index contributed by atoms with van der Waals surface area (Å²) in [5, 5.41) is 10.9. The van der Waals surface area contributed by atoms with Gasteiger partial charge in [0.15, 0.2) is 9.84 Å². The standard InChI is InChI=1S/C23H30ClNO3S/c1-22(2,19-6-8-20(24)9-7-19)25-15-14-23(16-25,17-26)13-12-18-4-10-21(11-5-18)29(3,27)28/h4-11,26H,12-17H2,1-3H3/t23-/m0/s1. The van der Waals surface area contributed by atoms with Gasteiger partial charge in [-0.3, -0.25) is 4.90 Å². The summed E-state index contributed by atoms with van der Waals surface area (Å²) in [4.78, 5) is 2.79. The summed E-state index contributed by atoms with van der Waals surface area (Å²) >= 11 is 6.04. The number of aryl methyl sites for hydroxylation is 1. The maximum atomic E-state index is 11.6. The second-order valence-corrected chi connectivity index (χ2v) is 11.3. The molecule has 0 unspecified atom stereocenters. The molecule has 158 valence electrons.